The van der Waals surface area contributed by atoms with E-state index in [1.807, 2.05) is 0 Å². The summed E-state index contributed by atoms with van der Waals surface area (Å²) in [7, 11) is 1.52. The molecule has 1 heterocycles. The van der Waals surface area contributed by atoms with Crippen LogP contribution in [0.15, 0.2) is 0 Å². The molecular weight excluding hydrogens is 150 g/mol. The van der Waals surface area contributed by atoms with Crippen molar-refractivity contribution in [2.24, 2.45) is 0 Å². The number of rotatable bonds is 1. The molecule has 0 N–H and O–H groups in total. The molecule has 62 valence electrons. The van der Waals surface area contributed by atoms with E-state index < -0.39 is 18.3 Å². The molecule has 0 bridgehead atoms. The minimum Gasteiger partial charge on any atom is -0.443 e. The monoisotopic (exact) mass is 159 g/mol. The van der Waals surface area contributed by atoms with Crippen LogP contribution in [0.1, 0.15) is 6.92 Å². The summed E-state index contributed by atoms with van der Waals surface area (Å²) in [5.41, 5.74) is 0. The van der Waals surface area contributed by atoms with E-state index in [1.165, 1.54) is 18.9 Å². The normalized spacial score (nSPS) is 23.3. The molecule has 0 aromatic heterocycles. The highest BCUT2D eigenvalue weighted by atomic mass is 16.6. The first-order chi connectivity index (χ1) is 5.11. The Morgan fingerprint density at radius 3 is 2.82 bits per heavy atom. The van der Waals surface area contributed by atoms with Crippen molar-refractivity contribution in [2.45, 2.75) is 13.2 Å². The van der Waals surface area contributed by atoms with Gasteiger partial charge in [0.25, 0.3) is 0 Å². The van der Waals surface area contributed by atoms with Crippen molar-refractivity contribution in [2.75, 3.05) is 13.7 Å². The lowest BCUT2D eigenvalue weighted by Gasteiger charge is -2.14. The lowest BCUT2D eigenvalue weighted by Crippen LogP contribution is -2.32. The molecule has 1 amide bonds. The Morgan fingerprint density at radius 1 is 1.82 bits per heavy atom. The van der Waals surface area contributed by atoms with E-state index >= 15 is 0 Å². The second-order valence-electron chi connectivity index (χ2n) is 2.25. The zero-order chi connectivity index (χ0) is 8.43. The number of esters is 1. The standard InChI is InChI=1S/C6H9NO4/c1-4(8)11-5-3-10-6(9)7(5)2/h5H,3H2,1-2H3/t5-/m1/s1. The lowest BCUT2D eigenvalue weighted by molar-refractivity contribution is -0.151. The molecule has 0 aromatic carbocycles. The lowest BCUT2D eigenvalue weighted by atomic mass is 10.6. The summed E-state index contributed by atoms with van der Waals surface area (Å²) in [5, 5.41) is 0. The maximum atomic E-state index is 10.7. The number of carbonyl (C=O) groups is 2. The molecule has 5 heteroatoms. The highest BCUT2D eigenvalue weighted by molar-refractivity contribution is 5.71. The zero-order valence-corrected chi connectivity index (χ0v) is 6.36. The van der Waals surface area contributed by atoms with E-state index in [0.717, 1.165) is 0 Å². The molecule has 1 atom stereocenters. The quantitative estimate of drug-likeness (QED) is 0.503. The first-order valence-corrected chi connectivity index (χ1v) is 3.18. The van der Waals surface area contributed by atoms with Gasteiger partial charge in [0.2, 0.25) is 6.23 Å². The van der Waals surface area contributed by atoms with Gasteiger partial charge in [-0.2, -0.15) is 0 Å². The Kier molecular flexibility index (Phi) is 1.98. The van der Waals surface area contributed by atoms with Crippen molar-refractivity contribution in [3.05, 3.63) is 0 Å². The molecule has 0 aliphatic carbocycles. The van der Waals surface area contributed by atoms with Crippen molar-refractivity contribution in [3.8, 4) is 0 Å². The molecule has 1 rings (SSSR count). The van der Waals surface area contributed by atoms with E-state index in [2.05, 4.69) is 4.74 Å². The van der Waals surface area contributed by atoms with Gasteiger partial charge in [-0.1, -0.05) is 0 Å². The average Bonchev–Trinajstić information content (AvgIpc) is 2.18. The van der Waals surface area contributed by atoms with Gasteiger partial charge in [0.15, 0.2) is 0 Å². The minimum absolute atomic E-state index is 0.120. The second kappa shape index (κ2) is 2.77. The maximum absolute atomic E-state index is 10.7. The number of hydrogen-bond donors (Lipinski definition) is 0. The summed E-state index contributed by atoms with van der Waals surface area (Å²) < 4.78 is 9.32. The first-order valence-electron chi connectivity index (χ1n) is 3.18. The third-order valence-corrected chi connectivity index (χ3v) is 1.37. The van der Waals surface area contributed by atoms with Crippen LogP contribution in [0.25, 0.3) is 0 Å². The predicted molar refractivity (Wildman–Crippen MR) is 34.7 cm³/mol. The molecule has 5 nitrogen and oxygen atoms in total. The Hall–Kier alpha value is -1.26. The number of likely N-dealkylation sites (N-methyl/N-ethyl adjacent to an activating group) is 1. The summed E-state index contributed by atoms with van der Waals surface area (Å²) in [5.74, 6) is -0.417. The fraction of sp³-hybridized carbons (Fsp3) is 0.667. The summed E-state index contributed by atoms with van der Waals surface area (Å²) in [6.07, 6.45) is -1.02. The third-order valence-electron chi connectivity index (χ3n) is 1.37. The van der Waals surface area contributed by atoms with Crippen LogP contribution < -0.4 is 0 Å². The van der Waals surface area contributed by atoms with Gasteiger partial charge in [-0.15, -0.1) is 0 Å². The van der Waals surface area contributed by atoms with Gasteiger partial charge in [-0.3, -0.25) is 9.69 Å². The number of cyclic esters (lactones) is 1. The SMILES string of the molecule is CC(=O)O[C@@H]1COC(=O)N1C. The van der Waals surface area contributed by atoms with Crippen molar-refractivity contribution >= 4 is 12.1 Å². The maximum Gasteiger partial charge on any atom is 0.412 e. The van der Waals surface area contributed by atoms with Crippen molar-refractivity contribution in [1.82, 2.24) is 4.90 Å². The second-order valence-corrected chi connectivity index (χ2v) is 2.25. The van der Waals surface area contributed by atoms with Gasteiger partial charge >= 0.3 is 12.1 Å². The van der Waals surface area contributed by atoms with E-state index in [9.17, 15) is 9.59 Å². The van der Waals surface area contributed by atoms with Crippen molar-refractivity contribution in [3.63, 3.8) is 0 Å². The summed E-state index contributed by atoms with van der Waals surface area (Å²) >= 11 is 0. The van der Waals surface area contributed by atoms with E-state index in [1.54, 1.807) is 0 Å². The number of amides is 1. The molecule has 0 unspecified atom stereocenters. The topological polar surface area (TPSA) is 55.8 Å². The highest BCUT2D eigenvalue weighted by Gasteiger charge is 2.31. The Balaban J connectivity index is 2.48. The van der Waals surface area contributed by atoms with Gasteiger partial charge in [-0.25, -0.2) is 4.79 Å². The van der Waals surface area contributed by atoms with Crippen LogP contribution in [0.5, 0.6) is 0 Å². The van der Waals surface area contributed by atoms with Gasteiger partial charge in [0.1, 0.15) is 6.61 Å². The van der Waals surface area contributed by atoms with Crippen LogP contribution >= 0.6 is 0 Å². The largest absolute Gasteiger partial charge is 0.443 e. The van der Waals surface area contributed by atoms with Gasteiger partial charge < -0.3 is 9.47 Å². The third kappa shape index (κ3) is 1.60. The summed E-state index contributed by atoms with van der Waals surface area (Å²) in [6.45, 7) is 1.41. The summed E-state index contributed by atoms with van der Waals surface area (Å²) in [6, 6.07) is 0. The Labute approximate surface area is 63.9 Å². The minimum atomic E-state index is -0.556. The zero-order valence-electron chi connectivity index (χ0n) is 6.36. The smallest absolute Gasteiger partial charge is 0.412 e. The molecular formula is C6H9NO4. The summed E-state index contributed by atoms with van der Waals surface area (Å²) in [4.78, 5) is 22.4. The van der Waals surface area contributed by atoms with E-state index in [-0.39, 0.29) is 6.61 Å². The fourth-order valence-corrected chi connectivity index (χ4v) is 0.778. The van der Waals surface area contributed by atoms with E-state index in [0.29, 0.717) is 0 Å². The fourth-order valence-electron chi connectivity index (χ4n) is 0.778. The predicted octanol–water partition coefficient (Wildman–Crippen LogP) is -0.0424. The molecule has 0 spiro atoms. The van der Waals surface area contributed by atoms with Crippen LogP contribution in [0, 0.1) is 0 Å². The Morgan fingerprint density at radius 2 is 2.45 bits per heavy atom. The number of ether oxygens (including phenoxy) is 2. The average molecular weight is 159 g/mol. The van der Waals surface area contributed by atoms with Crippen LogP contribution in [-0.2, 0) is 14.3 Å². The molecule has 0 radical (unpaired) electrons. The molecule has 11 heavy (non-hydrogen) atoms. The van der Waals surface area contributed by atoms with Crippen molar-refractivity contribution < 1.29 is 19.1 Å². The van der Waals surface area contributed by atoms with E-state index in [4.69, 9.17) is 4.74 Å². The van der Waals surface area contributed by atoms with Crippen LogP contribution in [0.2, 0.25) is 0 Å². The number of carbonyl (C=O) groups excluding carboxylic acids is 2. The first kappa shape index (κ1) is 7.84. The molecule has 1 fully saturated rings. The van der Waals surface area contributed by atoms with Crippen LogP contribution in [0.3, 0.4) is 0 Å². The van der Waals surface area contributed by atoms with Crippen molar-refractivity contribution in [1.29, 1.82) is 0 Å². The van der Waals surface area contributed by atoms with Gasteiger partial charge in [-0.05, 0) is 0 Å². The Bertz CT molecular complexity index is 191. The van der Waals surface area contributed by atoms with Gasteiger partial charge in [0.05, 0.1) is 0 Å². The molecule has 1 aliphatic rings. The highest BCUT2D eigenvalue weighted by Crippen LogP contribution is 2.10. The van der Waals surface area contributed by atoms with Crippen LogP contribution in [-0.4, -0.2) is 36.8 Å². The molecule has 0 saturated carbocycles. The van der Waals surface area contributed by atoms with Gasteiger partial charge in [0, 0.05) is 14.0 Å². The molecule has 1 aliphatic heterocycles. The number of nitrogens with zero attached hydrogens (tertiary/aromatic N) is 1. The molecule has 0 aromatic rings. The molecule has 1 saturated heterocycles. The number of hydrogen-bond acceptors (Lipinski definition) is 4. The van der Waals surface area contributed by atoms with Crippen LogP contribution in [0.4, 0.5) is 4.79 Å².